The van der Waals surface area contributed by atoms with E-state index in [4.69, 9.17) is 4.74 Å². The molecule has 1 amide bonds. The fraction of sp³-hybridized carbons (Fsp3) is 0.250. The Morgan fingerprint density at radius 2 is 1.77 bits per heavy atom. The largest absolute Gasteiger partial charge is 0.491 e. The summed E-state index contributed by atoms with van der Waals surface area (Å²) < 4.78 is 5.65. The lowest BCUT2D eigenvalue weighted by molar-refractivity contribution is 0.0935. The first-order valence-corrected chi connectivity index (χ1v) is 9.34. The van der Waals surface area contributed by atoms with Gasteiger partial charge in [0, 0.05) is 23.3 Å². The van der Waals surface area contributed by atoms with E-state index in [1.165, 1.54) is 11.3 Å². The van der Waals surface area contributed by atoms with E-state index in [0.717, 1.165) is 21.9 Å². The van der Waals surface area contributed by atoms with Gasteiger partial charge in [0.2, 0.25) is 0 Å². The standard InChI is InChI=1S/C20H21N3O2S/c1-13(2)25-17-6-4-16(5-7-17)20-23-18(12-26-20)19(24)22-14(3)15-8-10-21-11-9-15/h4-14H,1-3H3,(H,22,24). The number of amides is 1. The third-order valence-electron chi connectivity index (χ3n) is 3.76. The van der Waals surface area contributed by atoms with Crippen LogP contribution in [-0.2, 0) is 0 Å². The normalized spacial score (nSPS) is 12.0. The highest BCUT2D eigenvalue weighted by molar-refractivity contribution is 7.13. The number of rotatable bonds is 6. The van der Waals surface area contributed by atoms with Gasteiger partial charge in [-0.25, -0.2) is 4.98 Å². The summed E-state index contributed by atoms with van der Waals surface area (Å²) in [6, 6.07) is 11.4. The number of carbonyl (C=O) groups is 1. The van der Waals surface area contributed by atoms with Crippen molar-refractivity contribution in [2.24, 2.45) is 0 Å². The molecule has 0 aliphatic carbocycles. The summed E-state index contributed by atoms with van der Waals surface area (Å²) in [6.45, 7) is 5.92. The maximum absolute atomic E-state index is 12.4. The lowest BCUT2D eigenvalue weighted by atomic mass is 10.1. The first-order chi connectivity index (χ1) is 12.5. The molecular weight excluding hydrogens is 346 g/mol. The van der Waals surface area contributed by atoms with Gasteiger partial charge in [-0.1, -0.05) is 0 Å². The average molecular weight is 367 g/mol. The van der Waals surface area contributed by atoms with Crippen LogP contribution in [0.5, 0.6) is 5.75 Å². The van der Waals surface area contributed by atoms with E-state index in [2.05, 4.69) is 15.3 Å². The van der Waals surface area contributed by atoms with E-state index in [0.29, 0.717) is 5.69 Å². The van der Waals surface area contributed by atoms with Crippen molar-refractivity contribution in [3.63, 3.8) is 0 Å². The topological polar surface area (TPSA) is 64.1 Å². The number of thiazole rings is 1. The molecule has 1 N–H and O–H groups in total. The Labute approximate surface area is 157 Å². The zero-order valence-electron chi connectivity index (χ0n) is 15.0. The number of benzene rings is 1. The van der Waals surface area contributed by atoms with Gasteiger partial charge in [-0.15, -0.1) is 11.3 Å². The smallest absolute Gasteiger partial charge is 0.271 e. The van der Waals surface area contributed by atoms with E-state index >= 15 is 0 Å². The molecule has 0 saturated heterocycles. The van der Waals surface area contributed by atoms with E-state index in [1.807, 2.05) is 57.2 Å². The molecule has 0 fully saturated rings. The van der Waals surface area contributed by atoms with E-state index in [9.17, 15) is 4.79 Å². The second kappa shape index (κ2) is 8.10. The Morgan fingerprint density at radius 1 is 1.08 bits per heavy atom. The van der Waals surface area contributed by atoms with Crippen LogP contribution in [0.15, 0.2) is 54.2 Å². The summed E-state index contributed by atoms with van der Waals surface area (Å²) >= 11 is 1.45. The molecule has 6 heteroatoms. The van der Waals surface area contributed by atoms with Gasteiger partial charge in [0.1, 0.15) is 16.5 Å². The molecule has 134 valence electrons. The Balaban J connectivity index is 1.68. The summed E-state index contributed by atoms with van der Waals surface area (Å²) in [5.41, 5.74) is 2.39. The van der Waals surface area contributed by atoms with Crippen LogP contribution in [0.1, 0.15) is 42.9 Å². The van der Waals surface area contributed by atoms with Gasteiger partial charge in [-0.2, -0.15) is 0 Å². The number of pyridine rings is 1. The predicted octanol–water partition coefficient (Wildman–Crippen LogP) is 4.48. The summed E-state index contributed by atoms with van der Waals surface area (Å²) in [5.74, 6) is 0.640. The minimum Gasteiger partial charge on any atom is -0.491 e. The molecule has 0 aliphatic rings. The quantitative estimate of drug-likeness (QED) is 0.697. The van der Waals surface area contributed by atoms with E-state index < -0.39 is 0 Å². The molecule has 1 atom stereocenters. The number of hydrogen-bond donors (Lipinski definition) is 1. The lowest BCUT2D eigenvalue weighted by Gasteiger charge is -2.12. The molecule has 0 bridgehead atoms. The van der Waals surface area contributed by atoms with Gasteiger partial charge in [0.15, 0.2) is 0 Å². The number of hydrogen-bond acceptors (Lipinski definition) is 5. The number of nitrogens with zero attached hydrogens (tertiary/aromatic N) is 2. The molecular formula is C20H21N3O2S. The van der Waals surface area contributed by atoms with Crippen molar-refractivity contribution in [1.82, 2.24) is 15.3 Å². The Morgan fingerprint density at radius 3 is 2.42 bits per heavy atom. The molecule has 0 radical (unpaired) electrons. The zero-order valence-corrected chi connectivity index (χ0v) is 15.8. The van der Waals surface area contributed by atoms with Gasteiger partial charge < -0.3 is 10.1 Å². The van der Waals surface area contributed by atoms with E-state index in [1.54, 1.807) is 17.8 Å². The lowest BCUT2D eigenvalue weighted by Crippen LogP contribution is -2.26. The fourth-order valence-electron chi connectivity index (χ4n) is 2.46. The van der Waals surface area contributed by atoms with Crippen LogP contribution >= 0.6 is 11.3 Å². The average Bonchev–Trinajstić information content (AvgIpc) is 3.13. The minimum absolute atomic E-state index is 0.108. The van der Waals surface area contributed by atoms with Crippen LogP contribution in [0.3, 0.4) is 0 Å². The highest BCUT2D eigenvalue weighted by Gasteiger charge is 2.15. The maximum Gasteiger partial charge on any atom is 0.271 e. The van der Waals surface area contributed by atoms with Crippen molar-refractivity contribution >= 4 is 17.2 Å². The summed E-state index contributed by atoms with van der Waals surface area (Å²) in [5, 5.41) is 5.55. The summed E-state index contributed by atoms with van der Waals surface area (Å²) in [6.07, 6.45) is 3.57. The van der Waals surface area contributed by atoms with Crippen LogP contribution < -0.4 is 10.1 Å². The van der Waals surface area contributed by atoms with Crippen LogP contribution in [0.2, 0.25) is 0 Å². The van der Waals surface area contributed by atoms with Crippen molar-refractivity contribution in [3.8, 4) is 16.3 Å². The van der Waals surface area contributed by atoms with Crippen LogP contribution in [0, 0.1) is 0 Å². The third kappa shape index (κ3) is 4.46. The first-order valence-electron chi connectivity index (χ1n) is 8.46. The molecule has 1 aromatic carbocycles. The molecule has 3 aromatic rings. The monoisotopic (exact) mass is 367 g/mol. The Bertz CT molecular complexity index is 860. The first kappa shape index (κ1) is 18.1. The van der Waals surface area contributed by atoms with Crippen molar-refractivity contribution in [2.45, 2.75) is 32.9 Å². The summed E-state index contributed by atoms with van der Waals surface area (Å²) in [7, 11) is 0. The van der Waals surface area contributed by atoms with Crippen LogP contribution in [0.4, 0.5) is 0 Å². The Kier molecular flexibility index (Phi) is 5.63. The number of nitrogens with one attached hydrogen (secondary N) is 1. The van der Waals surface area contributed by atoms with Gasteiger partial charge in [0.25, 0.3) is 5.91 Å². The van der Waals surface area contributed by atoms with Crippen molar-refractivity contribution in [1.29, 1.82) is 0 Å². The highest BCUT2D eigenvalue weighted by atomic mass is 32.1. The second-order valence-electron chi connectivity index (χ2n) is 6.20. The molecule has 0 spiro atoms. The fourth-order valence-corrected chi connectivity index (χ4v) is 3.27. The molecule has 2 heterocycles. The SMILES string of the molecule is CC(C)Oc1ccc(-c2nc(C(=O)NC(C)c3ccncc3)cs2)cc1. The number of ether oxygens (including phenoxy) is 1. The van der Waals surface area contributed by atoms with Crippen LogP contribution in [-0.4, -0.2) is 22.0 Å². The van der Waals surface area contributed by atoms with E-state index in [-0.39, 0.29) is 18.1 Å². The molecule has 0 aliphatic heterocycles. The van der Waals surface area contributed by atoms with Gasteiger partial charge in [-0.05, 0) is 62.7 Å². The molecule has 0 saturated carbocycles. The van der Waals surface area contributed by atoms with Gasteiger partial charge in [0.05, 0.1) is 12.1 Å². The summed E-state index contributed by atoms with van der Waals surface area (Å²) in [4.78, 5) is 20.9. The van der Waals surface area contributed by atoms with Gasteiger partial charge in [-0.3, -0.25) is 9.78 Å². The number of aromatic nitrogens is 2. The molecule has 1 unspecified atom stereocenters. The van der Waals surface area contributed by atoms with Gasteiger partial charge >= 0.3 is 0 Å². The molecule has 2 aromatic heterocycles. The van der Waals surface area contributed by atoms with Crippen molar-refractivity contribution in [2.75, 3.05) is 0 Å². The highest BCUT2D eigenvalue weighted by Crippen LogP contribution is 2.26. The third-order valence-corrected chi connectivity index (χ3v) is 4.65. The number of carbonyl (C=O) groups excluding carboxylic acids is 1. The second-order valence-corrected chi connectivity index (χ2v) is 7.06. The van der Waals surface area contributed by atoms with Crippen molar-refractivity contribution in [3.05, 3.63) is 65.4 Å². The Hall–Kier alpha value is -2.73. The zero-order chi connectivity index (χ0) is 18.5. The molecule has 5 nitrogen and oxygen atoms in total. The van der Waals surface area contributed by atoms with Crippen LogP contribution in [0.25, 0.3) is 10.6 Å². The molecule has 3 rings (SSSR count). The minimum atomic E-state index is -0.184. The maximum atomic E-state index is 12.4. The van der Waals surface area contributed by atoms with Crippen molar-refractivity contribution < 1.29 is 9.53 Å². The predicted molar refractivity (Wildman–Crippen MR) is 103 cm³/mol. The molecule has 26 heavy (non-hydrogen) atoms.